The highest BCUT2D eigenvalue weighted by molar-refractivity contribution is 9.10. The zero-order chi connectivity index (χ0) is 28.6. The highest BCUT2D eigenvalue weighted by Gasteiger charge is 2.45. The minimum Gasteiger partial charge on any atom is -0.384 e. The van der Waals surface area contributed by atoms with Crippen molar-refractivity contribution < 1.29 is 4.79 Å². The van der Waals surface area contributed by atoms with Gasteiger partial charge in [-0.25, -0.2) is 0 Å². The largest absolute Gasteiger partial charge is 0.384 e. The molecule has 0 radical (unpaired) electrons. The Labute approximate surface area is 250 Å². The van der Waals surface area contributed by atoms with Gasteiger partial charge in [0, 0.05) is 39.4 Å². The van der Waals surface area contributed by atoms with Crippen LogP contribution in [-0.2, 0) is 16.3 Å². The molecule has 40 heavy (non-hydrogen) atoms. The number of nitriles is 1. The Bertz CT molecular complexity index is 1570. The van der Waals surface area contributed by atoms with Crippen LogP contribution in [0.3, 0.4) is 0 Å². The second-order valence-electron chi connectivity index (χ2n) is 11.6. The normalized spacial score (nSPS) is 18.6. The van der Waals surface area contributed by atoms with Gasteiger partial charge in [0.05, 0.1) is 17.6 Å². The maximum Gasteiger partial charge on any atom is 0.162 e. The third-order valence-electron chi connectivity index (χ3n) is 7.85. The van der Waals surface area contributed by atoms with Crippen molar-refractivity contribution in [1.29, 1.82) is 5.26 Å². The number of Topliss-reactive ketones (excluding diaryl/α,β-unsaturated/α-hetero) is 1. The molecule has 0 saturated carbocycles. The molecule has 0 fully saturated rings. The van der Waals surface area contributed by atoms with E-state index in [2.05, 4.69) is 86.1 Å². The minimum atomic E-state index is -0.479. The molecule has 0 amide bonds. The molecule has 204 valence electrons. The van der Waals surface area contributed by atoms with E-state index >= 15 is 0 Å². The highest BCUT2D eigenvalue weighted by Crippen LogP contribution is 2.51. The number of benzene rings is 3. The van der Waals surface area contributed by atoms with Gasteiger partial charge < -0.3 is 5.73 Å². The molecule has 5 rings (SSSR count). The van der Waals surface area contributed by atoms with Crippen molar-refractivity contribution in [2.75, 3.05) is 4.90 Å². The SMILES string of the molecule is Cc1cc(CSCc2ccccc2)c(C)c(C2C(C#N)=C(N)N(c3ccc(Br)cc3)C3=C2C(=O)CC(C)(C)C3)c1. The number of aryl methyl sites for hydroxylation is 1. The van der Waals surface area contributed by atoms with Gasteiger partial charge in [-0.15, -0.1) is 0 Å². The fraction of sp³-hybridized carbons (Fsp3) is 0.294. The van der Waals surface area contributed by atoms with Gasteiger partial charge >= 0.3 is 0 Å². The van der Waals surface area contributed by atoms with Crippen molar-refractivity contribution in [3.63, 3.8) is 0 Å². The molecule has 4 nitrogen and oxygen atoms in total. The lowest BCUT2D eigenvalue weighted by molar-refractivity contribution is -0.118. The van der Waals surface area contributed by atoms with Crippen molar-refractivity contribution in [2.24, 2.45) is 11.1 Å². The van der Waals surface area contributed by atoms with Crippen LogP contribution in [-0.4, -0.2) is 5.78 Å². The first-order valence-corrected chi connectivity index (χ1v) is 15.5. The van der Waals surface area contributed by atoms with Crippen LogP contribution in [0.1, 0.15) is 60.4 Å². The van der Waals surface area contributed by atoms with E-state index in [-0.39, 0.29) is 11.2 Å². The lowest BCUT2D eigenvalue weighted by Crippen LogP contribution is -2.42. The van der Waals surface area contributed by atoms with Crippen molar-refractivity contribution in [3.8, 4) is 6.07 Å². The van der Waals surface area contributed by atoms with Gasteiger partial charge in [0.15, 0.2) is 5.78 Å². The fourth-order valence-electron chi connectivity index (χ4n) is 5.97. The third-order valence-corrected chi connectivity index (χ3v) is 9.43. The summed E-state index contributed by atoms with van der Waals surface area (Å²) >= 11 is 5.39. The van der Waals surface area contributed by atoms with E-state index in [1.54, 1.807) is 0 Å². The molecule has 6 heteroatoms. The van der Waals surface area contributed by atoms with E-state index in [1.807, 2.05) is 47.0 Å². The summed E-state index contributed by atoms with van der Waals surface area (Å²) in [6.45, 7) is 8.47. The predicted octanol–water partition coefficient (Wildman–Crippen LogP) is 8.44. The van der Waals surface area contributed by atoms with Gasteiger partial charge in [-0.05, 0) is 72.2 Å². The number of ketones is 1. The molecule has 3 aromatic rings. The van der Waals surface area contributed by atoms with Crippen LogP contribution >= 0.6 is 27.7 Å². The van der Waals surface area contributed by atoms with Gasteiger partial charge in [0.2, 0.25) is 0 Å². The molecule has 2 aliphatic rings. The molecule has 1 atom stereocenters. The van der Waals surface area contributed by atoms with Crippen molar-refractivity contribution in [3.05, 3.63) is 122 Å². The lowest BCUT2D eigenvalue weighted by atomic mass is 9.68. The quantitative estimate of drug-likeness (QED) is 0.303. The molecule has 1 aliphatic carbocycles. The second-order valence-corrected chi connectivity index (χ2v) is 13.5. The molecule has 0 bridgehead atoms. The Balaban J connectivity index is 1.62. The summed E-state index contributed by atoms with van der Waals surface area (Å²) in [5, 5.41) is 10.5. The number of anilines is 1. The minimum absolute atomic E-state index is 0.0968. The molecule has 1 heterocycles. The smallest absolute Gasteiger partial charge is 0.162 e. The van der Waals surface area contributed by atoms with Crippen LogP contribution in [0.25, 0.3) is 0 Å². The summed E-state index contributed by atoms with van der Waals surface area (Å²) in [4.78, 5) is 15.9. The van der Waals surface area contributed by atoms with E-state index in [0.29, 0.717) is 29.8 Å². The standard InChI is InChI=1S/C34H34BrN3OS/c1-21-14-24(20-40-19-23-8-6-5-7-9-23)22(2)27(15-21)31-28(18-36)33(37)38(26-12-10-25(35)11-13-26)29-16-34(3,4)17-30(39)32(29)31/h5-15,31H,16-17,19-20,37H2,1-4H3. The van der Waals surface area contributed by atoms with Gasteiger partial charge in [0.25, 0.3) is 0 Å². The van der Waals surface area contributed by atoms with Gasteiger partial charge in [0.1, 0.15) is 5.82 Å². The lowest BCUT2D eigenvalue weighted by Gasteiger charge is -2.44. The summed E-state index contributed by atoms with van der Waals surface area (Å²) in [5.74, 6) is 1.79. The molecule has 1 unspecified atom stereocenters. The average Bonchev–Trinajstić information content (AvgIpc) is 2.90. The number of halogens is 1. The number of hydrogen-bond donors (Lipinski definition) is 1. The number of carbonyl (C=O) groups excluding carboxylic acids is 1. The van der Waals surface area contributed by atoms with Crippen LogP contribution in [0.4, 0.5) is 5.69 Å². The first-order valence-electron chi connectivity index (χ1n) is 13.5. The zero-order valence-electron chi connectivity index (χ0n) is 23.4. The number of hydrogen-bond acceptors (Lipinski definition) is 5. The van der Waals surface area contributed by atoms with Crippen LogP contribution in [0.5, 0.6) is 0 Å². The van der Waals surface area contributed by atoms with E-state index in [9.17, 15) is 10.1 Å². The Hall–Kier alpha value is -3.27. The fourth-order valence-corrected chi connectivity index (χ4v) is 7.29. The zero-order valence-corrected chi connectivity index (χ0v) is 25.8. The van der Waals surface area contributed by atoms with Gasteiger partial charge in [-0.1, -0.05) is 77.8 Å². The molecule has 2 N–H and O–H groups in total. The summed E-state index contributed by atoms with van der Waals surface area (Å²) in [5.41, 5.74) is 15.3. The predicted molar refractivity (Wildman–Crippen MR) is 169 cm³/mol. The van der Waals surface area contributed by atoms with E-state index in [0.717, 1.165) is 44.1 Å². The maximum atomic E-state index is 14.0. The Kier molecular flexibility index (Phi) is 7.99. The van der Waals surface area contributed by atoms with Crippen LogP contribution in [0, 0.1) is 30.6 Å². The topological polar surface area (TPSA) is 70.1 Å². The van der Waals surface area contributed by atoms with Crippen molar-refractivity contribution in [1.82, 2.24) is 0 Å². The Morgan fingerprint density at radius 1 is 1.05 bits per heavy atom. The molecule has 0 saturated heterocycles. The Morgan fingerprint density at radius 2 is 1.75 bits per heavy atom. The van der Waals surface area contributed by atoms with Crippen molar-refractivity contribution >= 4 is 39.2 Å². The monoisotopic (exact) mass is 611 g/mol. The molecule has 0 aromatic heterocycles. The summed E-state index contributed by atoms with van der Waals surface area (Å²) in [6, 6.07) is 25.1. The maximum absolute atomic E-state index is 14.0. The van der Waals surface area contributed by atoms with E-state index in [1.165, 1.54) is 11.1 Å². The van der Waals surface area contributed by atoms with Crippen LogP contribution in [0.15, 0.2) is 93.9 Å². The number of nitrogens with zero attached hydrogens (tertiary/aromatic N) is 2. The number of allylic oxidation sites excluding steroid dienone is 3. The highest BCUT2D eigenvalue weighted by atomic mass is 79.9. The Morgan fingerprint density at radius 3 is 2.42 bits per heavy atom. The molecule has 1 aliphatic heterocycles. The number of carbonyl (C=O) groups is 1. The number of thioether (sulfide) groups is 1. The third kappa shape index (κ3) is 5.50. The van der Waals surface area contributed by atoms with E-state index in [4.69, 9.17) is 5.73 Å². The average molecular weight is 613 g/mol. The van der Waals surface area contributed by atoms with Gasteiger partial charge in [-0.2, -0.15) is 17.0 Å². The molecule has 3 aromatic carbocycles. The first-order chi connectivity index (χ1) is 19.1. The summed E-state index contributed by atoms with van der Waals surface area (Å²) < 4.78 is 0.955. The van der Waals surface area contributed by atoms with Crippen molar-refractivity contribution in [2.45, 2.75) is 58.0 Å². The van der Waals surface area contributed by atoms with Crippen LogP contribution in [0.2, 0.25) is 0 Å². The molecular formula is C34H34BrN3OS. The van der Waals surface area contributed by atoms with Crippen LogP contribution < -0.4 is 10.6 Å². The molecule has 0 spiro atoms. The molecular weight excluding hydrogens is 578 g/mol. The first kappa shape index (κ1) is 28.3. The van der Waals surface area contributed by atoms with Gasteiger partial charge in [-0.3, -0.25) is 9.69 Å². The number of nitrogens with two attached hydrogens (primary N) is 1. The summed E-state index contributed by atoms with van der Waals surface area (Å²) in [7, 11) is 0. The second kappa shape index (κ2) is 11.3. The number of rotatable bonds is 6. The van der Waals surface area contributed by atoms with E-state index < -0.39 is 5.92 Å². The summed E-state index contributed by atoms with van der Waals surface area (Å²) in [6.07, 6.45) is 1.14.